The molecule has 0 bridgehead atoms. The molecule has 6 heteroatoms. The Morgan fingerprint density at radius 2 is 1.62 bits per heavy atom. The molecule has 0 aromatic heterocycles. The van der Waals surface area contributed by atoms with Gasteiger partial charge in [0, 0.05) is 6.42 Å². The van der Waals surface area contributed by atoms with E-state index in [0.717, 1.165) is 11.1 Å². The van der Waals surface area contributed by atoms with E-state index in [1.807, 2.05) is 20.8 Å². The molecule has 2 rings (SSSR count). The Balaban J connectivity index is 2.02. The molecule has 2 aromatic carbocycles. The largest absolute Gasteiger partial charge is 0.349 e. The third-order valence-electron chi connectivity index (χ3n) is 4.19. The van der Waals surface area contributed by atoms with Gasteiger partial charge in [0.25, 0.3) is 0 Å². The van der Waals surface area contributed by atoms with Crippen molar-refractivity contribution in [2.45, 2.75) is 38.1 Å². The highest BCUT2D eigenvalue weighted by atomic mass is 32.2. The van der Waals surface area contributed by atoms with Crippen LogP contribution in [0.2, 0.25) is 0 Å². The van der Waals surface area contributed by atoms with Gasteiger partial charge in [-0.1, -0.05) is 43.7 Å². The second-order valence-corrected chi connectivity index (χ2v) is 8.83. The molecule has 0 aliphatic heterocycles. The van der Waals surface area contributed by atoms with Crippen LogP contribution in [0, 0.1) is 18.7 Å². The standard InChI is InChI=1S/C20H24FNO3S/c1-14(2)20(16-6-8-17(21)9-7-16)22-19(23)12-13-26(24,25)18-10-4-15(3)5-11-18/h4-11,14,20H,12-13H2,1-3H3,(H,22,23)/t20-/m1/s1. The Bertz CT molecular complexity index is 844. The van der Waals surface area contributed by atoms with Gasteiger partial charge in [0.1, 0.15) is 5.82 Å². The minimum absolute atomic E-state index is 0.0816. The van der Waals surface area contributed by atoms with Crippen molar-refractivity contribution < 1.29 is 17.6 Å². The molecule has 0 saturated heterocycles. The summed E-state index contributed by atoms with van der Waals surface area (Å²) in [4.78, 5) is 12.5. The molecule has 0 heterocycles. The number of rotatable bonds is 7. The molecule has 4 nitrogen and oxygen atoms in total. The molecule has 2 aromatic rings. The van der Waals surface area contributed by atoms with Crippen molar-refractivity contribution in [3.05, 3.63) is 65.5 Å². The Morgan fingerprint density at radius 1 is 1.04 bits per heavy atom. The van der Waals surface area contributed by atoms with Crippen molar-refractivity contribution in [2.75, 3.05) is 5.75 Å². The first-order valence-corrected chi connectivity index (χ1v) is 10.2. The van der Waals surface area contributed by atoms with Gasteiger partial charge in [-0.3, -0.25) is 4.79 Å². The maximum atomic E-state index is 13.1. The molecule has 0 radical (unpaired) electrons. The van der Waals surface area contributed by atoms with Crippen LogP contribution in [0.1, 0.15) is 37.4 Å². The fraction of sp³-hybridized carbons (Fsp3) is 0.350. The molecule has 0 aliphatic carbocycles. The molecule has 140 valence electrons. The summed E-state index contributed by atoms with van der Waals surface area (Å²) >= 11 is 0. The van der Waals surface area contributed by atoms with Gasteiger partial charge in [-0.2, -0.15) is 0 Å². The van der Waals surface area contributed by atoms with Crippen molar-refractivity contribution in [3.8, 4) is 0 Å². The molecule has 1 amide bonds. The maximum absolute atomic E-state index is 13.1. The number of sulfone groups is 1. The predicted octanol–water partition coefficient (Wildman–Crippen LogP) is 3.81. The number of carbonyl (C=O) groups is 1. The van der Waals surface area contributed by atoms with Gasteiger partial charge in [-0.15, -0.1) is 0 Å². The van der Waals surface area contributed by atoms with Crippen LogP contribution in [0.25, 0.3) is 0 Å². The average Bonchev–Trinajstić information content (AvgIpc) is 2.59. The van der Waals surface area contributed by atoms with E-state index >= 15 is 0 Å². The third-order valence-corrected chi connectivity index (χ3v) is 5.92. The van der Waals surface area contributed by atoms with E-state index in [2.05, 4.69) is 5.32 Å². The van der Waals surface area contributed by atoms with Gasteiger partial charge in [0.15, 0.2) is 9.84 Å². The van der Waals surface area contributed by atoms with Crippen molar-refractivity contribution in [2.24, 2.45) is 5.92 Å². The zero-order chi connectivity index (χ0) is 19.3. The van der Waals surface area contributed by atoms with Crippen molar-refractivity contribution in [1.29, 1.82) is 0 Å². The summed E-state index contributed by atoms with van der Waals surface area (Å²) in [5, 5.41) is 2.86. The molecule has 0 spiro atoms. The Morgan fingerprint density at radius 3 is 2.15 bits per heavy atom. The first-order valence-electron chi connectivity index (χ1n) is 8.53. The Kier molecular flexibility index (Phi) is 6.53. The van der Waals surface area contributed by atoms with E-state index in [-0.39, 0.29) is 40.8 Å². The summed E-state index contributed by atoms with van der Waals surface area (Å²) in [6.45, 7) is 5.76. The van der Waals surface area contributed by atoms with Crippen LogP contribution in [-0.2, 0) is 14.6 Å². The second kappa shape index (κ2) is 8.45. The van der Waals surface area contributed by atoms with E-state index in [0.29, 0.717) is 0 Å². The summed E-state index contributed by atoms with van der Waals surface area (Å²) in [7, 11) is -3.51. The van der Waals surface area contributed by atoms with Crippen molar-refractivity contribution in [3.63, 3.8) is 0 Å². The van der Waals surface area contributed by atoms with Crippen LogP contribution in [0.3, 0.4) is 0 Å². The summed E-state index contributed by atoms with van der Waals surface area (Å²) in [5.74, 6) is -0.857. The molecule has 1 atom stereocenters. The first kappa shape index (κ1) is 20.1. The first-order chi connectivity index (χ1) is 12.2. The van der Waals surface area contributed by atoms with Gasteiger partial charge in [0.2, 0.25) is 5.91 Å². The van der Waals surface area contributed by atoms with Gasteiger partial charge >= 0.3 is 0 Å². The minimum atomic E-state index is -3.51. The fourth-order valence-corrected chi connectivity index (χ4v) is 3.88. The smallest absolute Gasteiger partial charge is 0.221 e. The number of nitrogens with one attached hydrogen (secondary N) is 1. The predicted molar refractivity (Wildman–Crippen MR) is 100.0 cm³/mol. The Hall–Kier alpha value is -2.21. The van der Waals surface area contributed by atoms with E-state index in [9.17, 15) is 17.6 Å². The van der Waals surface area contributed by atoms with Crippen LogP contribution in [-0.4, -0.2) is 20.1 Å². The highest BCUT2D eigenvalue weighted by Gasteiger charge is 2.21. The van der Waals surface area contributed by atoms with Gasteiger partial charge in [-0.25, -0.2) is 12.8 Å². The number of benzene rings is 2. The minimum Gasteiger partial charge on any atom is -0.349 e. The van der Waals surface area contributed by atoms with E-state index in [1.54, 1.807) is 36.4 Å². The quantitative estimate of drug-likeness (QED) is 0.798. The number of halogens is 1. The lowest BCUT2D eigenvalue weighted by atomic mass is 9.96. The monoisotopic (exact) mass is 377 g/mol. The van der Waals surface area contributed by atoms with Crippen LogP contribution in [0.4, 0.5) is 4.39 Å². The number of hydrogen-bond acceptors (Lipinski definition) is 3. The zero-order valence-corrected chi connectivity index (χ0v) is 16.0. The fourth-order valence-electron chi connectivity index (χ4n) is 2.64. The highest BCUT2D eigenvalue weighted by molar-refractivity contribution is 7.91. The van der Waals surface area contributed by atoms with Crippen molar-refractivity contribution >= 4 is 15.7 Å². The third kappa shape index (κ3) is 5.39. The average molecular weight is 377 g/mol. The van der Waals surface area contributed by atoms with Gasteiger partial charge in [0.05, 0.1) is 16.7 Å². The van der Waals surface area contributed by atoms with Crippen LogP contribution in [0.15, 0.2) is 53.4 Å². The lowest BCUT2D eigenvalue weighted by Gasteiger charge is -2.23. The number of hydrogen-bond donors (Lipinski definition) is 1. The van der Waals surface area contributed by atoms with Gasteiger partial charge < -0.3 is 5.32 Å². The number of amides is 1. The summed E-state index contributed by atoms with van der Waals surface area (Å²) in [6, 6.07) is 12.2. The molecule has 0 unspecified atom stereocenters. The van der Waals surface area contributed by atoms with Crippen molar-refractivity contribution in [1.82, 2.24) is 5.32 Å². The normalized spacial score (nSPS) is 12.8. The lowest BCUT2D eigenvalue weighted by Crippen LogP contribution is -2.32. The van der Waals surface area contributed by atoms with E-state index < -0.39 is 9.84 Å². The van der Waals surface area contributed by atoms with Gasteiger partial charge in [-0.05, 0) is 42.7 Å². The molecule has 0 saturated carbocycles. The topological polar surface area (TPSA) is 63.2 Å². The molecule has 0 fully saturated rings. The SMILES string of the molecule is Cc1ccc(S(=O)(=O)CCC(=O)N[C@@H](c2ccc(F)cc2)C(C)C)cc1. The Labute approximate surface area is 154 Å². The summed E-state index contributed by atoms with van der Waals surface area (Å²) in [5.41, 5.74) is 1.76. The van der Waals surface area contributed by atoms with Crippen LogP contribution < -0.4 is 5.32 Å². The molecular formula is C20H24FNO3S. The number of carbonyl (C=O) groups excluding carboxylic acids is 1. The lowest BCUT2D eigenvalue weighted by molar-refractivity contribution is -0.121. The molecular weight excluding hydrogens is 353 g/mol. The summed E-state index contributed by atoms with van der Waals surface area (Å²) < 4.78 is 37.8. The second-order valence-electron chi connectivity index (χ2n) is 6.72. The molecule has 0 aliphatic rings. The highest BCUT2D eigenvalue weighted by Crippen LogP contribution is 2.22. The number of aryl methyl sites for hydroxylation is 1. The molecule has 26 heavy (non-hydrogen) atoms. The molecule has 1 N–H and O–H groups in total. The zero-order valence-electron chi connectivity index (χ0n) is 15.2. The van der Waals surface area contributed by atoms with Crippen LogP contribution in [0.5, 0.6) is 0 Å². The summed E-state index contributed by atoms with van der Waals surface area (Å²) in [6.07, 6.45) is -0.124. The van der Waals surface area contributed by atoms with E-state index in [1.165, 1.54) is 12.1 Å². The maximum Gasteiger partial charge on any atom is 0.221 e. The van der Waals surface area contributed by atoms with E-state index in [4.69, 9.17) is 0 Å². The van der Waals surface area contributed by atoms with Crippen LogP contribution >= 0.6 is 0 Å².